The molecule has 0 radical (unpaired) electrons. The topological polar surface area (TPSA) is 71.1 Å². The molecule has 2 aliphatic rings. The molecule has 1 atom stereocenters. The first-order valence-corrected chi connectivity index (χ1v) is 8.34. The number of amides is 2. The number of fused-ring (bicyclic) bond motifs is 2. The van der Waals surface area contributed by atoms with Gasteiger partial charge in [-0.25, -0.2) is 0 Å². The number of nitrogens with one attached hydrogen (secondary N) is 2. The van der Waals surface area contributed by atoms with Crippen molar-refractivity contribution in [2.45, 2.75) is 38.3 Å². The van der Waals surface area contributed by atoms with Crippen molar-refractivity contribution in [3.05, 3.63) is 64.5 Å². The van der Waals surface area contributed by atoms with Crippen LogP contribution in [0, 0.1) is 0 Å². The predicted molar refractivity (Wildman–Crippen MR) is 89.5 cm³/mol. The molecule has 4 rings (SSSR count). The van der Waals surface area contributed by atoms with Gasteiger partial charge < -0.3 is 10.6 Å². The summed E-state index contributed by atoms with van der Waals surface area (Å²) in [6, 6.07) is 9.02. The largest absolute Gasteiger partial charge is 0.350 e. The number of rotatable bonds is 3. The summed E-state index contributed by atoms with van der Waals surface area (Å²) in [6.45, 7) is 0.438. The minimum atomic E-state index is -0.519. The monoisotopic (exact) mass is 321 g/mol. The molecule has 2 heterocycles. The van der Waals surface area contributed by atoms with Crippen molar-refractivity contribution in [3.8, 4) is 0 Å². The van der Waals surface area contributed by atoms with Crippen LogP contribution in [0.3, 0.4) is 0 Å². The molecule has 24 heavy (non-hydrogen) atoms. The number of carbonyl (C=O) groups is 2. The Kier molecular flexibility index (Phi) is 3.76. The molecule has 1 aliphatic heterocycles. The number of carbonyl (C=O) groups excluding carboxylic acids is 2. The van der Waals surface area contributed by atoms with Gasteiger partial charge in [-0.3, -0.25) is 14.6 Å². The second-order valence-electron chi connectivity index (χ2n) is 6.41. The van der Waals surface area contributed by atoms with Crippen LogP contribution in [0.1, 0.15) is 39.2 Å². The van der Waals surface area contributed by atoms with Crippen LogP contribution in [-0.2, 0) is 30.6 Å². The fourth-order valence-corrected chi connectivity index (χ4v) is 3.47. The SMILES string of the molecule is O=C1NC(C(=O)NCc2cnc3c(c2)CCC3)Cc2ccccc21. The molecule has 0 fully saturated rings. The molecule has 1 aromatic heterocycles. The van der Waals surface area contributed by atoms with E-state index in [4.69, 9.17) is 0 Å². The normalized spacial score (nSPS) is 18.5. The molecule has 122 valence electrons. The fraction of sp³-hybridized carbons (Fsp3) is 0.316. The van der Waals surface area contributed by atoms with E-state index in [0.29, 0.717) is 18.5 Å². The Labute approximate surface area is 140 Å². The molecule has 5 heteroatoms. The van der Waals surface area contributed by atoms with Crippen LogP contribution >= 0.6 is 0 Å². The summed E-state index contributed by atoms with van der Waals surface area (Å²) in [5.74, 6) is -0.338. The molecule has 2 N–H and O–H groups in total. The second kappa shape index (κ2) is 6.07. The van der Waals surface area contributed by atoms with Crippen molar-refractivity contribution in [1.82, 2.24) is 15.6 Å². The van der Waals surface area contributed by atoms with E-state index in [1.165, 1.54) is 11.3 Å². The van der Waals surface area contributed by atoms with E-state index in [9.17, 15) is 9.59 Å². The van der Waals surface area contributed by atoms with Crippen LogP contribution in [0.4, 0.5) is 0 Å². The molecule has 0 saturated carbocycles. The van der Waals surface area contributed by atoms with Gasteiger partial charge in [0.25, 0.3) is 5.91 Å². The van der Waals surface area contributed by atoms with Gasteiger partial charge >= 0.3 is 0 Å². The van der Waals surface area contributed by atoms with Crippen molar-refractivity contribution in [2.24, 2.45) is 0 Å². The van der Waals surface area contributed by atoms with Crippen molar-refractivity contribution in [3.63, 3.8) is 0 Å². The van der Waals surface area contributed by atoms with Gasteiger partial charge in [-0.15, -0.1) is 0 Å². The van der Waals surface area contributed by atoms with E-state index in [-0.39, 0.29) is 11.8 Å². The van der Waals surface area contributed by atoms with Crippen LogP contribution < -0.4 is 10.6 Å². The van der Waals surface area contributed by atoms with E-state index in [1.54, 1.807) is 6.07 Å². The van der Waals surface area contributed by atoms with Crippen LogP contribution in [0.2, 0.25) is 0 Å². The van der Waals surface area contributed by atoms with E-state index < -0.39 is 6.04 Å². The lowest BCUT2D eigenvalue weighted by Crippen LogP contribution is -2.50. The van der Waals surface area contributed by atoms with Crippen molar-refractivity contribution < 1.29 is 9.59 Å². The molecule has 5 nitrogen and oxygen atoms in total. The number of pyridine rings is 1. The van der Waals surface area contributed by atoms with Gasteiger partial charge in [-0.2, -0.15) is 0 Å². The summed E-state index contributed by atoms with van der Waals surface area (Å²) < 4.78 is 0. The summed E-state index contributed by atoms with van der Waals surface area (Å²) >= 11 is 0. The molecule has 1 unspecified atom stereocenters. The fourth-order valence-electron chi connectivity index (χ4n) is 3.47. The molecule has 2 amide bonds. The number of aryl methyl sites for hydroxylation is 2. The Morgan fingerprint density at radius 2 is 2.12 bits per heavy atom. The molecule has 1 aliphatic carbocycles. The third-order valence-corrected chi connectivity index (χ3v) is 4.75. The van der Waals surface area contributed by atoms with Crippen LogP contribution in [0.15, 0.2) is 36.5 Å². The average Bonchev–Trinajstić information content (AvgIpc) is 3.07. The van der Waals surface area contributed by atoms with Gasteiger partial charge in [0.05, 0.1) is 0 Å². The second-order valence-corrected chi connectivity index (χ2v) is 6.41. The average molecular weight is 321 g/mol. The lowest BCUT2D eigenvalue weighted by atomic mass is 9.95. The standard InChI is InChI=1S/C19H19N3O2/c23-18-15-6-2-1-4-13(15)9-17(22-18)19(24)21-11-12-8-14-5-3-7-16(14)20-10-12/h1-2,4,6,8,10,17H,3,5,7,9,11H2,(H,21,24)(H,22,23). The highest BCUT2D eigenvalue weighted by atomic mass is 16.2. The zero-order chi connectivity index (χ0) is 16.5. The molecule has 1 aromatic carbocycles. The Hall–Kier alpha value is -2.69. The van der Waals surface area contributed by atoms with Gasteiger partial charge in [-0.1, -0.05) is 24.3 Å². The van der Waals surface area contributed by atoms with Gasteiger partial charge in [0.15, 0.2) is 0 Å². The smallest absolute Gasteiger partial charge is 0.252 e. The maximum atomic E-state index is 12.4. The first kappa shape index (κ1) is 14.9. The minimum Gasteiger partial charge on any atom is -0.350 e. The van der Waals surface area contributed by atoms with Crippen molar-refractivity contribution >= 4 is 11.8 Å². The molecule has 2 aromatic rings. The third kappa shape index (κ3) is 2.77. The van der Waals surface area contributed by atoms with Crippen LogP contribution in [-0.4, -0.2) is 22.8 Å². The molecule has 0 saturated heterocycles. The summed E-state index contributed by atoms with van der Waals surface area (Å²) in [7, 11) is 0. The number of nitrogens with zero attached hydrogens (tertiary/aromatic N) is 1. The van der Waals surface area contributed by atoms with Crippen molar-refractivity contribution in [2.75, 3.05) is 0 Å². The van der Waals surface area contributed by atoms with Gasteiger partial charge in [-0.05, 0) is 42.0 Å². The zero-order valence-electron chi connectivity index (χ0n) is 13.3. The van der Waals surface area contributed by atoms with Gasteiger partial charge in [0.1, 0.15) is 6.04 Å². The number of hydrogen-bond acceptors (Lipinski definition) is 3. The highest BCUT2D eigenvalue weighted by Crippen LogP contribution is 2.20. The van der Waals surface area contributed by atoms with E-state index >= 15 is 0 Å². The van der Waals surface area contributed by atoms with Crippen molar-refractivity contribution in [1.29, 1.82) is 0 Å². The number of hydrogen-bond donors (Lipinski definition) is 2. The Morgan fingerprint density at radius 1 is 1.25 bits per heavy atom. The summed E-state index contributed by atoms with van der Waals surface area (Å²) in [5, 5.41) is 5.70. The lowest BCUT2D eigenvalue weighted by Gasteiger charge is -2.24. The molecule has 0 bridgehead atoms. The quantitative estimate of drug-likeness (QED) is 0.901. The van der Waals surface area contributed by atoms with Gasteiger partial charge in [0.2, 0.25) is 5.91 Å². The minimum absolute atomic E-state index is 0.154. The van der Waals surface area contributed by atoms with Crippen LogP contribution in [0.5, 0.6) is 0 Å². The molecular weight excluding hydrogens is 302 g/mol. The molecule has 0 spiro atoms. The zero-order valence-corrected chi connectivity index (χ0v) is 13.3. The first-order chi connectivity index (χ1) is 11.7. The number of aromatic nitrogens is 1. The lowest BCUT2D eigenvalue weighted by molar-refractivity contribution is -0.123. The van der Waals surface area contributed by atoms with E-state index in [1.807, 2.05) is 24.4 Å². The Morgan fingerprint density at radius 3 is 3.04 bits per heavy atom. The Bertz CT molecular complexity index is 816. The highest BCUT2D eigenvalue weighted by molar-refractivity contribution is 6.00. The Balaban J connectivity index is 1.41. The van der Waals surface area contributed by atoms with Crippen LogP contribution in [0.25, 0.3) is 0 Å². The number of benzene rings is 1. The maximum Gasteiger partial charge on any atom is 0.252 e. The van der Waals surface area contributed by atoms with Gasteiger partial charge in [0, 0.05) is 30.4 Å². The van der Waals surface area contributed by atoms with E-state index in [0.717, 1.165) is 30.4 Å². The maximum absolute atomic E-state index is 12.4. The third-order valence-electron chi connectivity index (χ3n) is 4.75. The molecular formula is C19H19N3O2. The predicted octanol–water partition coefficient (Wildman–Crippen LogP) is 1.54. The first-order valence-electron chi connectivity index (χ1n) is 8.34. The van der Waals surface area contributed by atoms with E-state index in [2.05, 4.69) is 21.7 Å². The summed E-state index contributed by atoms with van der Waals surface area (Å²) in [5.41, 5.74) is 5.05. The summed E-state index contributed by atoms with van der Waals surface area (Å²) in [6.07, 6.45) is 5.64. The summed E-state index contributed by atoms with van der Waals surface area (Å²) in [4.78, 5) is 29.0. The highest BCUT2D eigenvalue weighted by Gasteiger charge is 2.28.